The minimum Gasteiger partial charge on any atom is -0.368 e. The second kappa shape index (κ2) is 10.4. The third-order valence-electron chi connectivity index (χ3n) is 6.89. The number of carbonyl (C=O) groups is 3. The Labute approximate surface area is 201 Å². The maximum absolute atomic E-state index is 13.2. The number of nitrogens with zero attached hydrogens (tertiary/aromatic N) is 2. The lowest BCUT2D eigenvalue weighted by atomic mass is 9.95. The van der Waals surface area contributed by atoms with Gasteiger partial charge in [0, 0.05) is 30.9 Å². The number of rotatable bonds is 6. The predicted molar refractivity (Wildman–Crippen MR) is 132 cm³/mol. The molecule has 7 nitrogen and oxygen atoms in total. The van der Waals surface area contributed by atoms with Crippen LogP contribution in [0.1, 0.15) is 52.7 Å². The molecule has 4 rings (SSSR count). The Kier molecular flexibility index (Phi) is 7.32. The van der Waals surface area contributed by atoms with Gasteiger partial charge >= 0.3 is 0 Å². The van der Waals surface area contributed by atoms with Gasteiger partial charge in [-0.25, -0.2) is 0 Å². The molecule has 2 aliphatic heterocycles. The van der Waals surface area contributed by atoms with Crippen LogP contribution in [0.25, 0.3) is 0 Å². The fourth-order valence-corrected chi connectivity index (χ4v) is 5.23. The van der Waals surface area contributed by atoms with Crippen LogP contribution >= 0.6 is 0 Å². The number of nitrogens with two attached hydrogens (primary N) is 1. The summed E-state index contributed by atoms with van der Waals surface area (Å²) in [6.45, 7) is 6.42. The number of aryl methyl sites for hydroxylation is 2. The first kappa shape index (κ1) is 24.0. The number of para-hydroxylation sites is 1. The highest BCUT2D eigenvalue weighted by molar-refractivity contribution is 5.97. The van der Waals surface area contributed by atoms with Gasteiger partial charge in [0.05, 0.1) is 12.0 Å². The normalized spacial score (nSPS) is 20.8. The van der Waals surface area contributed by atoms with Crippen molar-refractivity contribution >= 4 is 23.4 Å². The van der Waals surface area contributed by atoms with E-state index < -0.39 is 0 Å². The van der Waals surface area contributed by atoms with E-state index in [4.69, 9.17) is 5.73 Å². The number of carbonyl (C=O) groups excluding carboxylic acids is 3. The molecule has 0 spiro atoms. The number of nitrogens with one attached hydrogen (secondary N) is 1. The summed E-state index contributed by atoms with van der Waals surface area (Å²) in [6.07, 6.45) is 3.26. The van der Waals surface area contributed by atoms with Gasteiger partial charge in [0.1, 0.15) is 0 Å². The number of likely N-dealkylation sites (tertiary alicyclic amines) is 2. The Hall–Kier alpha value is -3.19. The van der Waals surface area contributed by atoms with E-state index >= 15 is 0 Å². The molecule has 2 heterocycles. The molecule has 7 heteroatoms. The van der Waals surface area contributed by atoms with Crippen molar-refractivity contribution in [3.8, 4) is 0 Å². The molecule has 0 aliphatic carbocycles. The van der Waals surface area contributed by atoms with E-state index in [2.05, 4.69) is 16.3 Å². The van der Waals surface area contributed by atoms with Crippen molar-refractivity contribution in [1.29, 1.82) is 0 Å². The SMILES string of the molecule is Cc1cc(C)cc(C(=O)N2CCCC(C(=O)Nc3ccccc3CN3CCCC3C(N)=O)C2)c1. The average molecular weight is 463 g/mol. The smallest absolute Gasteiger partial charge is 0.253 e. The van der Waals surface area contributed by atoms with Crippen molar-refractivity contribution in [1.82, 2.24) is 9.80 Å². The first-order chi connectivity index (χ1) is 16.3. The maximum Gasteiger partial charge on any atom is 0.253 e. The fraction of sp³-hybridized carbons (Fsp3) is 0.444. The largest absolute Gasteiger partial charge is 0.368 e. The topological polar surface area (TPSA) is 95.7 Å². The van der Waals surface area contributed by atoms with E-state index in [9.17, 15) is 14.4 Å². The van der Waals surface area contributed by atoms with Crippen molar-refractivity contribution in [3.05, 3.63) is 64.7 Å². The monoisotopic (exact) mass is 462 g/mol. The molecule has 2 unspecified atom stereocenters. The van der Waals surface area contributed by atoms with Gasteiger partial charge in [0.2, 0.25) is 11.8 Å². The second-order valence-corrected chi connectivity index (χ2v) is 9.64. The molecule has 2 aromatic rings. The highest BCUT2D eigenvalue weighted by Crippen LogP contribution is 2.26. The van der Waals surface area contributed by atoms with E-state index in [1.54, 1.807) is 4.90 Å². The number of hydrogen-bond acceptors (Lipinski definition) is 4. The number of piperidine rings is 1. The lowest BCUT2D eigenvalue weighted by Gasteiger charge is -2.32. The van der Waals surface area contributed by atoms with Gasteiger partial charge in [0.25, 0.3) is 5.91 Å². The van der Waals surface area contributed by atoms with Crippen LogP contribution in [0.4, 0.5) is 5.69 Å². The molecule has 0 saturated carbocycles. The minimum absolute atomic E-state index is 0.0174. The summed E-state index contributed by atoms with van der Waals surface area (Å²) in [5.74, 6) is -0.647. The molecule has 0 bridgehead atoms. The van der Waals surface area contributed by atoms with Crippen molar-refractivity contribution in [2.24, 2.45) is 11.7 Å². The lowest BCUT2D eigenvalue weighted by Crippen LogP contribution is -2.44. The first-order valence-corrected chi connectivity index (χ1v) is 12.1. The van der Waals surface area contributed by atoms with Crippen molar-refractivity contribution in [2.75, 3.05) is 25.0 Å². The third kappa shape index (κ3) is 5.47. The highest BCUT2D eigenvalue weighted by Gasteiger charge is 2.31. The Bertz CT molecular complexity index is 1060. The Morgan fingerprint density at radius 2 is 1.71 bits per heavy atom. The van der Waals surface area contributed by atoms with Gasteiger partial charge in [-0.15, -0.1) is 0 Å². The standard InChI is InChI=1S/C27H34N4O3/c1-18-13-19(2)15-22(14-18)27(34)31-12-5-8-21(17-31)26(33)29-23-9-4-3-7-20(23)16-30-11-6-10-24(30)25(28)32/h3-4,7,9,13-15,21,24H,5-6,8,10-12,16-17H2,1-2H3,(H2,28,32)(H,29,33). The van der Waals surface area contributed by atoms with Crippen LogP contribution in [-0.2, 0) is 16.1 Å². The first-order valence-electron chi connectivity index (χ1n) is 12.1. The number of primary amides is 1. The molecule has 2 atom stereocenters. The second-order valence-electron chi connectivity index (χ2n) is 9.64. The van der Waals surface area contributed by atoms with Crippen LogP contribution < -0.4 is 11.1 Å². The Balaban J connectivity index is 1.43. The summed E-state index contributed by atoms with van der Waals surface area (Å²) in [6, 6.07) is 13.3. The Morgan fingerprint density at radius 1 is 1.00 bits per heavy atom. The zero-order chi connectivity index (χ0) is 24.2. The van der Waals surface area contributed by atoms with Gasteiger partial charge in [-0.1, -0.05) is 35.4 Å². The molecule has 3 N–H and O–H groups in total. The number of benzene rings is 2. The van der Waals surface area contributed by atoms with Crippen LogP contribution in [0.5, 0.6) is 0 Å². The summed E-state index contributed by atoms with van der Waals surface area (Å²) < 4.78 is 0. The third-order valence-corrected chi connectivity index (χ3v) is 6.89. The van der Waals surface area contributed by atoms with E-state index in [1.165, 1.54) is 0 Å². The van der Waals surface area contributed by atoms with Gasteiger partial charge in [-0.3, -0.25) is 19.3 Å². The quantitative estimate of drug-likeness (QED) is 0.689. The molecule has 2 saturated heterocycles. The summed E-state index contributed by atoms with van der Waals surface area (Å²) >= 11 is 0. The van der Waals surface area contributed by atoms with Crippen LogP contribution in [0, 0.1) is 19.8 Å². The molecular formula is C27H34N4O3. The predicted octanol–water partition coefficient (Wildman–Crippen LogP) is 3.24. The van der Waals surface area contributed by atoms with Crippen molar-refractivity contribution in [3.63, 3.8) is 0 Å². The molecule has 180 valence electrons. The van der Waals surface area contributed by atoms with Crippen molar-refractivity contribution < 1.29 is 14.4 Å². The van der Waals surface area contributed by atoms with Crippen LogP contribution in [0.15, 0.2) is 42.5 Å². The average Bonchev–Trinajstić information content (AvgIpc) is 3.28. The molecule has 0 radical (unpaired) electrons. The molecule has 2 aliphatic rings. The molecule has 3 amide bonds. The van der Waals surface area contributed by atoms with Gasteiger partial charge in [0.15, 0.2) is 0 Å². The zero-order valence-electron chi connectivity index (χ0n) is 20.0. The maximum atomic E-state index is 13.2. The van der Waals surface area contributed by atoms with Gasteiger partial charge in [-0.05, 0) is 69.8 Å². The van der Waals surface area contributed by atoms with E-state index in [1.807, 2.05) is 50.2 Å². The molecular weight excluding hydrogens is 428 g/mol. The van der Waals surface area contributed by atoms with Crippen LogP contribution in [-0.4, -0.2) is 53.2 Å². The number of amides is 3. The van der Waals surface area contributed by atoms with Gasteiger partial charge < -0.3 is 16.0 Å². The van der Waals surface area contributed by atoms with Crippen LogP contribution in [0.3, 0.4) is 0 Å². The van der Waals surface area contributed by atoms with E-state index in [0.29, 0.717) is 25.2 Å². The fourth-order valence-electron chi connectivity index (χ4n) is 5.23. The summed E-state index contributed by atoms with van der Waals surface area (Å²) in [5.41, 5.74) is 10.1. The number of hydrogen-bond donors (Lipinski definition) is 2. The summed E-state index contributed by atoms with van der Waals surface area (Å²) in [4.78, 5) is 42.0. The minimum atomic E-state index is -0.296. The Morgan fingerprint density at radius 3 is 2.44 bits per heavy atom. The van der Waals surface area contributed by atoms with E-state index in [-0.39, 0.29) is 29.7 Å². The van der Waals surface area contributed by atoms with Gasteiger partial charge in [-0.2, -0.15) is 0 Å². The van der Waals surface area contributed by atoms with E-state index in [0.717, 1.165) is 54.6 Å². The zero-order valence-corrected chi connectivity index (χ0v) is 20.0. The molecule has 2 fully saturated rings. The van der Waals surface area contributed by atoms with Crippen LogP contribution in [0.2, 0.25) is 0 Å². The molecule has 2 aromatic carbocycles. The van der Waals surface area contributed by atoms with Crippen molar-refractivity contribution in [2.45, 2.75) is 52.1 Å². The number of anilines is 1. The molecule has 34 heavy (non-hydrogen) atoms. The highest BCUT2D eigenvalue weighted by atomic mass is 16.2. The molecule has 0 aromatic heterocycles. The lowest BCUT2D eigenvalue weighted by molar-refractivity contribution is -0.122. The summed E-state index contributed by atoms with van der Waals surface area (Å²) in [7, 11) is 0. The summed E-state index contributed by atoms with van der Waals surface area (Å²) in [5, 5.41) is 3.10.